The van der Waals surface area contributed by atoms with Crippen molar-refractivity contribution >= 4 is 5.91 Å². The molecule has 3 N–H and O–H groups in total. The number of amides is 1. The van der Waals surface area contributed by atoms with E-state index >= 15 is 0 Å². The van der Waals surface area contributed by atoms with E-state index in [1.165, 1.54) is 19.3 Å². The molecule has 2 unspecified atom stereocenters. The van der Waals surface area contributed by atoms with Crippen molar-refractivity contribution in [3.05, 3.63) is 23.2 Å². The van der Waals surface area contributed by atoms with E-state index in [2.05, 4.69) is 5.32 Å². The summed E-state index contributed by atoms with van der Waals surface area (Å²) in [5.41, 5.74) is 6.39. The lowest BCUT2D eigenvalue weighted by Crippen LogP contribution is -2.32. The minimum absolute atomic E-state index is 0.0352. The Balaban J connectivity index is 1.90. The molecule has 1 heterocycles. The zero-order chi connectivity index (χ0) is 13.1. The number of carbonyl (C=O) groups is 1. The van der Waals surface area contributed by atoms with Crippen molar-refractivity contribution in [1.29, 1.82) is 0 Å². The van der Waals surface area contributed by atoms with Gasteiger partial charge >= 0.3 is 0 Å². The average molecular weight is 250 g/mol. The molecule has 4 heteroatoms. The Morgan fingerprint density at radius 1 is 1.44 bits per heavy atom. The third-order valence-electron chi connectivity index (χ3n) is 3.93. The van der Waals surface area contributed by atoms with Crippen LogP contribution in [0.25, 0.3) is 0 Å². The number of nitrogens with two attached hydrogens (primary N) is 1. The number of aryl methyl sites for hydroxylation is 2. The molecule has 1 aliphatic carbocycles. The first-order valence-corrected chi connectivity index (χ1v) is 6.67. The van der Waals surface area contributed by atoms with Gasteiger partial charge in [-0.15, -0.1) is 0 Å². The molecule has 2 rings (SSSR count). The third-order valence-corrected chi connectivity index (χ3v) is 3.93. The van der Waals surface area contributed by atoms with Gasteiger partial charge in [0.05, 0.1) is 5.56 Å². The normalized spacial score (nSPS) is 23.3. The first-order valence-electron chi connectivity index (χ1n) is 6.67. The summed E-state index contributed by atoms with van der Waals surface area (Å²) in [5.74, 6) is 2.53. The zero-order valence-electron chi connectivity index (χ0n) is 11.2. The van der Waals surface area contributed by atoms with Gasteiger partial charge in [0.25, 0.3) is 5.91 Å². The van der Waals surface area contributed by atoms with E-state index in [9.17, 15) is 4.79 Å². The minimum Gasteiger partial charge on any atom is -0.466 e. The second kappa shape index (κ2) is 5.57. The van der Waals surface area contributed by atoms with Crippen LogP contribution in [0.1, 0.15) is 41.1 Å². The van der Waals surface area contributed by atoms with Crippen molar-refractivity contribution < 1.29 is 9.21 Å². The molecule has 0 aromatic carbocycles. The van der Waals surface area contributed by atoms with Gasteiger partial charge in [-0.2, -0.15) is 0 Å². The number of hydrogen-bond acceptors (Lipinski definition) is 3. The standard InChI is InChI=1S/C14H22N2O2/c1-9-6-13(10(2)18-9)14(17)16-8-12-5-3-4-11(12)7-15/h6,11-12H,3-5,7-8,15H2,1-2H3,(H,16,17). The molecule has 1 aromatic rings. The molecule has 0 saturated heterocycles. The summed E-state index contributed by atoms with van der Waals surface area (Å²) in [4.78, 5) is 12.0. The summed E-state index contributed by atoms with van der Waals surface area (Å²) in [6.45, 7) is 5.13. The molecule has 1 fully saturated rings. The smallest absolute Gasteiger partial charge is 0.254 e. The zero-order valence-corrected chi connectivity index (χ0v) is 11.2. The van der Waals surface area contributed by atoms with Gasteiger partial charge in [0, 0.05) is 6.54 Å². The highest BCUT2D eigenvalue weighted by molar-refractivity contribution is 5.95. The maximum absolute atomic E-state index is 12.0. The number of carbonyl (C=O) groups excluding carboxylic acids is 1. The molecule has 0 aliphatic heterocycles. The summed E-state index contributed by atoms with van der Waals surface area (Å²) in [6.07, 6.45) is 3.60. The van der Waals surface area contributed by atoms with Gasteiger partial charge in [0.1, 0.15) is 11.5 Å². The number of furan rings is 1. The molecule has 100 valence electrons. The van der Waals surface area contributed by atoms with Crippen LogP contribution in [0, 0.1) is 25.7 Å². The molecule has 4 nitrogen and oxygen atoms in total. The fraction of sp³-hybridized carbons (Fsp3) is 0.643. The van der Waals surface area contributed by atoms with E-state index in [-0.39, 0.29) is 5.91 Å². The largest absolute Gasteiger partial charge is 0.466 e. The first kappa shape index (κ1) is 13.1. The Kier molecular flexibility index (Phi) is 4.07. The van der Waals surface area contributed by atoms with Crippen LogP contribution >= 0.6 is 0 Å². The summed E-state index contributed by atoms with van der Waals surface area (Å²) in [5, 5.41) is 3.00. The van der Waals surface area contributed by atoms with Gasteiger partial charge in [0.2, 0.25) is 0 Å². The SMILES string of the molecule is Cc1cc(C(=O)NCC2CCCC2CN)c(C)o1. The second-order valence-electron chi connectivity index (χ2n) is 5.22. The van der Waals surface area contributed by atoms with Crippen LogP contribution < -0.4 is 11.1 Å². The molecule has 1 aromatic heterocycles. The van der Waals surface area contributed by atoms with Crippen molar-refractivity contribution in [3.8, 4) is 0 Å². The maximum atomic E-state index is 12.0. The summed E-state index contributed by atoms with van der Waals surface area (Å²) < 4.78 is 5.37. The molecular weight excluding hydrogens is 228 g/mol. The molecule has 18 heavy (non-hydrogen) atoms. The number of rotatable bonds is 4. The fourth-order valence-corrected chi connectivity index (χ4v) is 2.87. The number of hydrogen-bond donors (Lipinski definition) is 2. The van der Waals surface area contributed by atoms with E-state index in [1.54, 1.807) is 6.07 Å². The average Bonchev–Trinajstić information content (AvgIpc) is 2.92. The van der Waals surface area contributed by atoms with E-state index in [1.807, 2.05) is 13.8 Å². The van der Waals surface area contributed by atoms with Gasteiger partial charge in [-0.05, 0) is 51.1 Å². The summed E-state index contributed by atoms with van der Waals surface area (Å²) in [7, 11) is 0. The first-order chi connectivity index (χ1) is 8.61. The number of nitrogens with one attached hydrogen (secondary N) is 1. The Morgan fingerprint density at radius 2 is 2.17 bits per heavy atom. The van der Waals surface area contributed by atoms with Crippen LogP contribution in [-0.4, -0.2) is 19.0 Å². The van der Waals surface area contributed by atoms with Crippen molar-refractivity contribution in [2.45, 2.75) is 33.1 Å². The van der Waals surface area contributed by atoms with Crippen LogP contribution in [0.15, 0.2) is 10.5 Å². The van der Waals surface area contributed by atoms with Crippen molar-refractivity contribution in [3.63, 3.8) is 0 Å². The van der Waals surface area contributed by atoms with Gasteiger partial charge in [-0.3, -0.25) is 4.79 Å². The van der Waals surface area contributed by atoms with Crippen LogP contribution in [0.2, 0.25) is 0 Å². The summed E-state index contributed by atoms with van der Waals surface area (Å²) >= 11 is 0. The molecule has 1 amide bonds. The monoisotopic (exact) mass is 250 g/mol. The molecule has 1 aliphatic rings. The van der Waals surface area contributed by atoms with Crippen LogP contribution in [0.5, 0.6) is 0 Å². The topological polar surface area (TPSA) is 68.3 Å². The molecule has 1 saturated carbocycles. The Labute approximate surface area is 108 Å². The molecule has 0 spiro atoms. The highest BCUT2D eigenvalue weighted by atomic mass is 16.3. The quantitative estimate of drug-likeness (QED) is 0.858. The van der Waals surface area contributed by atoms with Crippen molar-refractivity contribution in [1.82, 2.24) is 5.32 Å². The Morgan fingerprint density at radius 3 is 2.78 bits per heavy atom. The second-order valence-corrected chi connectivity index (χ2v) is 5.22. The van der Waals surface area contributed by atoms with E-state index < -0.39 is 0 Å². The van der Waals surface area contributed by atoms with Crippen molar-refractivity contribution in [2.75, 3.05) is 13.1 Å². The van der Waals surface area contributed by atoms with E-state index in [4.69, 9.17) is 10.2 Å². The minimum atomic E-state index is -0.0352. The third kappa shape index (κ3) is 2.75. The molecular formula is C14H22N2O2. The molecule has 0 radical (unpaired) electrons. The van der Waals surface area contributed by atoms with E-state index in [0.717, 1.165) is 18.8 Å². The van der Waals surface area contributed by atoms with Crippen LogP contribution in [0.4, 0.5) is 0 Å². The van der Waals surface area contributed by atoms with Gasteiger partial charge in [-0.25, -0.2) is 0 Å². The Hall–Kier alpha value is -1.29. The van der Waals surface area contributed by atoms with Crippen LogP contribution in [0.3, 0.4) is 0 Å². The fourth-order valence-electron chi connectivity index (χ4n) is 2.87. The van der Waals surface area contributed by atoms with Crippen LogP contribution in [-0.2, 0) is 0 Å². The van der Waals surface area contributed by atoms with E-state index in [0.29, 0.717) is 23.2 Å². The predicted octanol–water partition coefficient (Wildman–Crippen LogP) is 2.00. The lowest BCUT2D eigenvalue weighted by atomic mass is 9.96. The predicted molar refractivity (Wildman–Crippen MR) is 70.4 cm³/mol. The maximum Gasteiger partial charge on any atom is 0.254 e. The van der Waals surface area contributed by atoms with Crippen molar-refractivity contribution in [2.24, 2.45) is 17.6 Å². The van der Waals surface area contributed by atoms with Gasteiger partial charge in [-0.1, -0.05) is 6.42 Å². The molecule has 2 atom stereocenters. The summed E-state index contributed by atoms with van der Waals surface area (Å²) in [6, 6.07) is 1.79. The Bertz CT molecular complexity index is 425. The lowest BCUT2D eigenvalue weighted by Gasteiger charge is -2.18. The highest BCUT2D eigenvalue weighted by Crippen LogP contribution is 2.30. The molecule has 0 bridgehead atoms. The lowest BCUT2D eigenvalue weighted by molar-refractivity contribution is 0.0942. The highest BCUT2D eigenvalue weighted by Gasteiger charge is 2.26. The van der Waals surface area contributed by atoms with Gasteiger partial charge in [0.15, 0.2) is 0 Å². The van der Waals surface area contributed by atoms with Gasteiger partial charge < -0.3 is 15.5 Å².